The van der Waals surface area contributed by atoms with Crippen molar-refractivity contribution in [2.24, 2.45) is 0 Å². The molecule has 0 saturated carbocycles. The minimum absolute atomic E-state index is 0.00989. The number of nitriles is 1. The first-order valence-corrected chi connectivity index (χ1v) is 13.1. The lowest BCUT2D eigenvalue weighted by molar-refractivity contribution is 0.00854. The van der Waals surface area contributed by atoms with Crippen LogP contribution in [0.25, 0.3) is 10.9 Å². The third-order valence-corrected chi connectivity index (χ3v) is 7.95. The Morgan fingerprint density at radius 2 is 1.78 bits per heavy atom. The molecule has 0 bridgehead atoms. The second-order valence-corrected chi connectivity index (χ2v) is 10.3. The molecule has 0 spiro atoms. The smallest absolute Gasteiger partial charge is 0.282 e. The van der Waals surface area contributed by atoms with Crippen LogP contribution in [0.5, 0.6) is 0 Å². The molecule has 2 fully saturated rings. The molecule has 2 aromatic carbocycles. The van der Waals surface area contributed by atoms with Crippen LogP contribution in [0.15, 0.2) is 60.2 Å². The Bertz CT molecular complexity index is 1480. The molecule has 6 rings (SSSR count). The van der Waals surface area contributed by atoms with Gasteiger partial charge in [0.25, 0.3) is 11.8 Å². The van der Waals surface area contributed by atoms with Gasteiger partial charge in [0.2, 0.25) is 0 Å². The van der Waals surface area contributed by atoms with Gasteiger partial charge in [-0.2, -0.15) is 10.4 Å². The van der Waals surface area contributed by atoms with Crippen LogP contribution in [0.4, 0.5) is 0 Å². The van der Waals surface area contributed by atoms with Crippen LogP contribution in [-0.4, -0.2) is 86.6 Å². The van der Waals surface area contributed by atoms with Gasteiger partial charge in [-0.3, -0.25) is 19.2 Å². The number of likely N-dealkylation sites (tertiary alicyclic amines) is 1. The van der Waals surface area contributed by atoms with Gasteiger partial charge >= 0.3 is 0 Å². The zero-order valence-corrected chi connectivity index (χ0v) is 21.0. The summed E-state index contributed by atoms with van der Waals surface area (Å²) in [7, 11) is 0. The molecule has 2 aromatic heterocycles. The molecule has 0 N–H and O–H groups in total. The highest BCUT2D eigenvalue weighted by Crippen LogP contribution is 2.23. The highest BCUT2D eigenvalue weighted by molar-refractivity contribution is 7.11. The normalized spacial score (nSPS) is 16.5. The number of hydrogen-bond donors (Lipinski definition) is 0. The highest BCUT2D eigenvalue weighted by atomic mass is 32.1. The Hall–Kier alpha value is -4.07. The molecule has 2 amide bonds. The second-order valence-electron chi connectivity index (χ2n) is 9.41. The number of rotatable bonds is 5. The first-order valence-electron chi connectivity index (χ1n) is 12.3. The molecule has 9 nitrogen and oxygen atoms in total. The van der Waals surface area contributed by atoms with E-state index in [1.165, 1.54) is 11.3 Å². The van der Waals surface area contributed by atoms with Gasteiger partial charge in [0.05, 0.1) is 29.9 Å². The fourth-order valence-electron chi connectivity index (χ4n) is 4.99. The Labute approximate surface area is 218 Å². The van der Waals surface area contributed by atoms with Crippen molar-refractivity contribution in [3.63, 3.8) is 0 Å². The summed E-state index contributed by atoms with van der Waals surface area (Å²) in [4.78, 5) is 35.9. The third kappa shape index (κ3) is 4.59. The van der Waals surface area contributed by atoms with Gasteiger partial charge in [-0.1, -0.05) is 12.1 Å². The summed E-state index contributed by atoms with van der Waals surface area (Å²) >= 11 is 1.38. The number of nitrogens with zero attached hydrogens (tertiary/aromatic N) is 7. The minimum atomic E-state index is 0.00989. The molecule has 4 aromatic rings. The Morgan fingerprint density at radius 1 is 1.00 bits per heavy atom. The van der Waals surface area contributed by atoms with Gasteiger partial charge in [0, 0.05) is 67.8 Å². The molecule has 0 aliphatic carbocycles. The molecule has 2 saturated heterocycles. The number of amides is 2. The molecule has 186 valence electrons. The molecule has 0 radical (unpaired) electrons. The molecule has 0 unspecified atom stereocenters. The van der Waals surface area contributed by atoms with Gasteiger partial charge in [-0.15, -0.1) is 11.3 Å². The van der Waals surface area contributed by atoms with Gasteiger partial charge in [0.1, 0.15) is 0 Å². The fraction of sp³-hybridized carbons (Fsp3) is 0.296. The van der Waals surface area contributed by atoms with E-state index in [0.29, 0.717) is 54.9 Å². The van der Waals surface area contributed by atoms with Crippen LogP contribution in [0.3, 0.4) is 0 Å². The predicted molar refractivity (Wildman–Crippen MR) is 139 cm³/mol. The molecular formula is C27H25N7O2S. The van der Waals surface area contributed by atoms with Crippen LogP contribution >= 0.6 is 11.3 Å². The predicted octanol–water partition coefficient (Wildman–Crippen LogP) is 2.70. The second kappa shape index (κ2) is 9.76. The lowest BCUT2D eigenvalue weighted by Gasteiger charge is -2.48. The van der Waals surface area contributed by atoms with Gasteiger partial charge < -0.3 is 9.80 Å². The first-order chi connectivity index (χ1) is 18.1. The zero-order chi connectivity index (χ0) is 25.4. The van der Waals surface area contributed by atoms with E-state index in [9.17, 15) is 9.59 Å². The Kier molecular flexibility index (Phi) is 6.16. The van der Waals surface area contributed by atoms with Crippen LogP contribution in [0, 0.1) is 11.3 Å². The lowest BCUT2D eigenvalue weighted by atomic mass is 10.0. The third-order valence-electron chi connectivity index (χ3n) is 7.19. The number of hydrogen-bond acceptors (Lipinski definition) is 7. The number of benzene rings is 2. The standard InChI is InChI=1S/C27H25N7O2S/c28-14-19-1-3-20(4-2-19)16-34-24-6-5-21(13-22(24)15-30-34)26(35)33-17-23(18-33)31-8-10-32(11-9-31)27(36)25-29-7-12-37-25/h1-7,12-13,15,23H,8-11,16-18H2. The maximum Gasteiger partial charge on any atom is 0.282 e. The fourth-order valence-corrected chi connectivity index (χ4v) is 5.60. The van der Waals surface area contributed by atoms with Crippen molar-refractivity contribution < 1.29 is 9.59 Å². The SMILES string of the molecule is N#Cc1ccc(Cn2ncc3cc(C(=O)N4CC(N5CCN(C(=O)c6nccs6)CC5)C4)ccc32)cc1. The number of aromatic nitrogens is 3. The van der Waals surface area contributed by atoms with Crippen LogP contribution in [-0.2, 0) is 6.54 Å². The van der Waals surface area contributed by atoms with Crippen molar-refractivity contribution in [2.45, 2.75) is 12.6 Å². The molecule has 10 heteroatoms. The summed E-state index contributed by atoms with van der Waals surface area (Å²) in [6, 6.07) is 15.7. The Morgan fingerprint density at radius 3 is 2.49 bits per heavy atom. The zero-order valence-electron chi connectivity index (χ0n) is 20.2. The summed E-state index contributed by atoms with van der Waals surface area (Å²) in [5, 5.41) is 16.8. The van der Waals surface area contributed by atoms with E-state index >= 15 is 0 Å². The molecule has 2 aliphatic heterocycles. The van der Waals surface area contributed by atoms with E-state index in [2.05, 4.69) is 21.1 Å². The molecule has 37 heavy (non-hydrogen) atoms. The van der Waals surface area contributed by atoms with Crippen molar-refractivity contribution in [3.05, 3.63) is 81.9 Å². The lowest BCUT2D eigenvalue weighted by Crippen LogP contribution is -2.64. The minimum Gasteiger partial charge on any atom is -0.335 e. The number of fused-ring (bicyclic) bond motifs is 1. The molecule has 2 aliphatic rings. The average Bonchev–Trinajstić information content (AvgIpc) is 3.59. The first kappa shape index (κ1) is 23.3. The molecule has 4 heterocycles. The number of carbonyl (C=O) groups is 2. The van der Waals surface area contributed by atoms with E-state index in [1.54, 1.807) is 24.5 Å². The monoisotopic (exact) mass is 511 g/mol. The number of carbonyl (C=O) groups excluding carboxylic acids is 2. The summed E-state index contributed by atoms with van der Waals surface area (Å²) in [6.07, 6.45) is 3.45. The van der Waals surface area contributed by atoms with Crippen LogP contribution in [0.1, 0.15) is 31.3 Å². The average molecular weight is 512 g/mol. The summed E-state index contributed by atoms with van der Waals surface area (Å²) in [5.74, 6) is 0.0475. The Balaban J connectivity index is 1.04. The number of thiazole rings is 1. The van der Waals surface area contributed by atoms with Crippen molar-refractivity contribution >= 4 is 34.1 Å². The number of piperazine rings is 1. The van der Waals surface area contributed by atoms with E-state index in [1.807, 2.05) is 50.2 Å². The van der Waals surface area contributed by atoms with Gasteiger partial charge in [0.15, 0.2) is 5.01 Å². The summed E-state index contributed by atoms with van der Waals surface area (Å²) in [6.45, 7) is 5.00. The van der Waals surface area contributed by atoms with Crippen molar-refractivity contribution in [3.8, 4) is 6.07 Å². The topological polar surface area (TPSA) is 98.4 Å². The summed E-state index contributed by atoms with van der Waals surface area (Å²) in [5.41, 5.74) is 3.33. The van der Waals surface area contributed by atoms with E-state index in [4.69, 9.17) is 5.26 Å². The largest absolute Gasteiger partial charge is 0.335 e. The van der Waals surface area contributed by atoms with Crippen LogP contribution in [0.2, 0.25) is 0 Å². The van der Waals surface area contributed by atoms with E-state index < -0.39 is 0 Å². The molecular weight excluding hydrogens is 486 g/mol. The maximum atomic E-state index is 13.1. The summed E-state index contributed by atoms with van der Waals surface area (Å²) < 4.78 is 1.91. The van der Waals surface area contributed by atoms with Gasteiger partial charge in [-0.05, 0) is 35.9 Å². The van der Waals surface area contributed by atoms with Crippen LogP contribution < -0.4 is 0 Å². The van der Waals surface area contributed by atoms with Crippen molar-refractivity contribution in [1.82, 2.24) is 29.5 Å². The van der Waals surface area contributed by atoms with E-state index in [0.717, 1.165) is 29.6 Å². The quantitative estimate of drug-likeness (QED) is 0.409. The van der Waals surface area contributed by atoms with Crippen molar-refractivity contribution in [1.29, 1.82) is 5.26 Å². The molecule has 0 atom stereocenters. The highest BCUT2D eigenvalue weighted by Gasteiger charge is 2.37. The van der Waals surface area contributed by atoms with E-state index in [-0.39, 0.29) is 11.8 Å². The van der Waals surface area contributed by atoms with Gasteiger partial charge in [-0.25, -0.2) is 4.98 Å². The van der Waals surface area contributed by atoms with Crippen molar-refractivity contribution in [2.75, 3.05) is 39.3 Å². The maximum absolute atomic E-state index is 13.1.